The second-order valence-electron chi connectivity index (χ2n) is 8.27. The van der Waals surface area contributed by atoms with Crippen molar-refractivity contribution in [1.29, 1.82) is 0 Å². The average Bonchev–Trinajstić information content (AvgIpc) is 2.77. The molecule has 2 aromatic rings. The van der Waals surface area contributed by atoms with Crippen LogP contribution in [0, 0.1) is 12.8 Å². The first-order chi connectivity index (χ1) is 14.8. The third kappa shape index (κ3) is 5.86. The van der Waals surface area contributed by atoms with E-state index in [4.69, 9.17) is 4.74 Å². The fraction of sp³-hybridized carbons (Fsp3) is 0.458. The maximum atomic E-state index is 13.0. The van der Waals surface area contributed by atoms with Gasteiger partial charge in [-0.05, 0) is 73.9 Å². The van der Waals surface area contributed by atoms with Crippen molar-refractivity contribution in [3.63, 3.8) is 0 Å². The van der Waals surface area contributed by atoms with E-state index < -0.39 is 10.0 Å². The number of aryl methyl sites for hydroxylation is 2. The molecule has 1 fully saturated rings. The van der Waals surface area contributed by atoms with Crippen LogP contribution in [0.5, 0.6) is 5.75 Å². The average molecular weight is 445 g/mol. The number of ether oxygens (including phenoxy) is 1. The van der Waals surface area contributed by atoms with Crippen LogP contribution in [0.2, 0.25) is 0 Å². The van der Waals surface area contributed by atoms with Gasteiger partial charge in [-0.25, -0.2) is 8.42 Å². The molecule has 0 radical (unpaired) electrons. The van der Waals surface area contributed by atoms with Gasteiger partial charge in [0.25, 0.3) is 5.91 Å². The van der Waals surface area contributed by atoms with Crippen LogP contribution in [0.3, 0.4) is 0 Å². The summed E-state index contributed by atoms with van der Waals surface area (Å²) in [4.78, 5) is 12.9. The van der Waals surface area contributed by atoms with E-state index in [9.17, 15) is 13.2 Å². The maximum absolute atomic E-state index is 13.0. The Morgan fingerprint density at radius 3 is 2.45 bits per heavy atom. The first kappa shape index (κ1) is 23.3. The number of nitrogens with zero attached hydrogens (tertiary/aromatic N) is 1. The van der Waals surface area contributed by atoms with Crippen LogP contribution in [0.1, 0.15) is 47.7 Å². The molecular formula is C24H32N2O4S. The molecule has 6 nitrogen and oxygen atoms in total. The predicted octanol–water partition coefficient (Wildman–Crippen LogP) is 3.79. The van der Waals surface area contributed by atoms with Gasteiger partial charge in [0.2, 0.25) is 10.0 Å². The number of nitrogens with one attached hydrogen (secondary N) is 1. The van der Waals surface area contributed by atoms with E-state index in [1.54, 1.807) is 19.2 Å². The summed E-state index contributed by atoms with van der Waals surface area (Å²) in [7, 11) is -1.94. The minimum atomic E-state index is -3.58. The molecule has 0 saturated carbocycles. The Balaban J connectivity index is 1.60. The van der Waals surface area contributed by atoms with Crippen molar-refractivity contribution < 1.29 is 17.9 Å². The number of carbonyl (C=O) groups is 1. The Morgan fingerprint density at radius 1 is 1.13 bits per heavy atom. The summed E-state index contributed by atoms with van der Waals surface area (Å²) in [5.74, 6) is 1.13. The molecule has 7 heteroatoms. The third-order valence-electron chi connectivity index (χ3n) is 5.92. The molecule has 1 N–H and O–H groups in total. The number of amides is 1. The van der Waals surface area contributed by atoms with Crippen LogP contribution in [0.15, 0.2) is 47.4 Å². The molecule has 0 aliphatic carbocycles. The minimum Gasteiger partial charge on any atom is -0.497 e. The number of methoxy groups -OCH3 is 1. The highest BCUT2D eigenvalue weighted by atomic mass is 32.2. The molecule has 0 atom stereocenters. The topological polar surface area (TPSA) is 75.7 Å². The highest BCUT2D eigenvalue weighted by molar-refractivity contribution is 7.89. The molecule has 0 unspecified atom stereocenters. The Labute approximate surface area is 185 Å². The number of rotatable bonds is 8. The van der Waals surface area contributed by atoms with E-state index in [2.05, 4.69) is 12.2 Å². The van der Waals surface area contributed by atoms with E-state index >= 15 is 0 Å². The lowest BCUT2D eigenvalue weighted by molar-refractivity contribution is 0.0952. The van der Waals surface area contributed by atoms with Crippen LogP contribution in [-0.2, 0) is 16.4 Å². The highest BCUT2D eigenvalue weighted by Crippen LogP contribution is 2.25. The Bertz CT molecular complexity index is 995. The summed E-state index contributed by atoms with van der Waals surface area (Å²) >= 11 is 0. The van der Waals surface area contributed by atoms with Gasteiger partial charge in [0, 0.05) is 25.2 Å². The number of piperidine rings is 1. The number of sulfonamides is 1. The number of hydrogen-bond acceptors (Lipinski definition) is 4. The summed E-state index contributed by atoms with van der Waals surface area (Å²) < 4.78 is 32.8. The predicted molar refractivity (Wildman–Crippen MR) is 122 cm³/mol. The van der Waals surface area contributed by atoms with Crippen LogP contribution in [0.25, 0.3) is 0 Å². The van der Waals surface area contributed by atoms with E-state index in [1.807, 2.05) is 31.2 Å². The van der Waals surface area contributed by atoms with Crippen molar-refractivity contribution in [2.45, 2.75) is 44.4 Å². The molecule has 31 heavy (non-hydrogen) atoms. The first-order valence-corrected chi connectivity index (χ1v) is 12.3. The molecule has 1 heterocycles. The monoisotopic (exact) mass is 444 g/mol. The van der Waals surface area contributed by atoms with E-state index in [0.29, 0.717) is 31.1 Å². The third-order valence-corrected chi connectivity index (χ3v) is 7.82. The fourth-order valence-corrected chi connectivity index (χ4v) is 5.26. The largest absolute Gasteiger partial charge is 0.497 e. The SMILES string of the molecule is COc1ccc(CCCNC(=O)c2cc(S(=O)(=O)N3CCC(C)CC3)ccc2C)cc1. The lowest BCUT2D eigenvalue weighted by atomic mass is 10.0. The summed E-state index contributed by atoms with van der Waals surface area (Å²) in [5, 5.41) is 2.92. The second kappa shape index (κ2) is 10.3. The lowest BCUT2D eigenvalue weighted by Gasteiger charge is -2.29. The van der Waals surface area contributed by atoms with Crippen LogP contribution in [-0.4, -0.2) is 45.4 Å². The van der Waals surface area contributed by atoms with Gasteiger partial charge in [0.15, 0.2) is 0 Å². The van der Waals surface area contributed by atoms with Gasteiger partial charge in [-0.2, -0.15) is 4.31 Å². The molecule has 0 bridgehead atoms. The molecule has 1 saturated heterocycles. The summed E-state index contributed by atoms with van der Waals surface area (Å²) in [6.45, 7) is 5.55. The second-order valence-corrected chi connectivity index (χ2v) is 10.2. The van der Waals surface area contributed by atoms with Crippen molar-refractivity contribution >= 4 is 15.9 Å². The smallest absolute Gasteiger partial charge is 0.251 e. The summed E-state index contributed by atoms with van der Waals surface area (Å²) in [6, 6.07) is 12.7. The van der Waals surface area contributed by atoms with Gasteiger partial charge in [-0.3, -0.25) is 4.79 Å². The van der Waals surface area contributed by atoms with Gasteiger partial charge in [0.1, 0.15) is 5.75 Å². The van der Waals surface area contributed by atoms with Crippen molar-refractivity contribution in [2.24, 2.45) is 5.92 Å². The van der Waals surface area contributed by atoms with Crippen LogP contribution in [0.4, 0.5) is 0 Å². The molecule has 168 valence electrons. The van der Waals surface area contributed by atoms with Crippen molar-refractivity contribution in [1.82, 2.24) is 9.62 Å². The standard InChI is InChI=1S/C24H32N2O4S/c1-18-12-15-26(16-13-18)31(28,29)22-11-6-19(2)23(17-22)24(27)25-14-4-5-20-7-9-21(30-3)10-8-20/h6-11,17-18H,4-5,12-16H2,1-3H3,(H,25,27). The van der Waals surface area contributed by atoms with Crippen LogP contribution < -0.4 is 10.1 Å². The minimum absolute atomic E-state index is 0.191. The molecule has 0 aromatic heterocycles. The maximum Gasteiger partial charge on any atom is 0.251 e. The molecule has 2 aromatic carbocycles. The molecule has 3 rings (SSSR count). The van der Waals surface area contributed by atoms with Gasteiger partial charge in [-0.15, -0.1) is 0 Å². The van der Waals surface area contributed by atoms with E-state index in [1.165, 1.54) is 15.9 Å². The lowest BCUT2D eigenvalue weighted by Crippen LogP contribution is -2.38. The zero-order valence-electron chi connectivity index (χ0n) is 18.6. The first-order valence-electron chi connectivity index (χ1n) is 10.8. The van der Waals surface area contributed by atoms with Crippen molar-refractivity contribution in [2.75, 3.05) is 26.7 Å². The number of benzene rings is 2. The number of carbonyl (C=O) groups excluding carboxylic acids is 1. The van der Waals surface area contributed by atoms with Gasteiger partial charge >= 0.3 is 0 Å². The molecule has 1 amide bonds. The van der Waals surface area contributed by atoms with E-state index in [0.717, 1.165) is 37.0 Å². The quantitative estimate of drug-likeness (QED) is 0.629. The summed E-state index contributed by atoms with van der Waals surface area (Å²) in [5.41, 5.74) is 2.35. The van der Waals surface area contributed by atoms with Crippen LogP contribution >= 0.6 is 0 Å². The zero-order valence-corrected chi connectivity index (χ0v) is 19.4. The zero-order chi connectivity index (χ0) is 22.4. The fourth-order valence-electron chi connectivity index (χ4n) is 3.76. The molecule has 1 aliphatic heterocycles. The molecule has 1 aliphatic rings. The number of hydrogen-bond donors (Lipinski definition) is 1. The normalized spacial score (nSPS) is 15.6. The van der Waals surface area contributed by atoms with Gasteiger partial charge in [-0.1, -0.05) is 25.1 Å². The van der Waals surface area contributed by atoms with Gasteiger partial charge in [0.05, 0.1) is 12.0 Å². The Morgan fingerprint density at radius 2 is 1.81 bits per heavy atom. The molecule has 0 spiro atoms. The Hall–Kier alpha value is -2.38. The van der Waals surface area contributed by atoms with Gasteiger partial charge < -0.3 is 10.1 Å². The van der Waals surface area contributed by atoms with E-state index in [-0.39, 0.29) is 10.8 Å². The molecular weight excluding hydrogens is 412 g/mol. The summed E-state index contributed by atoms with van der Waals surface area (Å²) in [6.07, 6.45) is 3.37. The highest BCUT2D eigenvalue weighted by Gasteiger charge is 2.28. The van der Waals surface area contributed by atoms with Crippen molar-refractivity contribution in [3.05, 3.63) is 59.2 Å². The van der Waals surface area contributed by atoms with Crippen molar-refractivity contribution in [3.8, 4) is 5.75 Å². The Kier molecular flexibility index (Phi) is 7.73.